The quantitative estimate of drug-likeness (QED) is 0.0580. The van der Waals surface area contributed by atoms with Crippen LogP contribution in [-0.4, -0.2) is 36.3 Å². The van der Waals surface area contributed by atoms with Gasteiger partial charge in [-0.3, -0.25) is 4.79 Å². The summed E-state index contributed by atoms with van der Waals surface area (Å²) >= 11 is 0. The fourth-order valence-electron chi connectivity index (χ4n) is 4.19. The second-order valence-corrected chi connectivity index (χ2v) is 10.9. The minimum atomic E-state index is -0.923. The van der Waals surface area contributed by atoms with Gasteiger partial charge in [-0.15, -0.1) is 0 Å². The van der Waals surface area contributed by atoms with E-state index in [0.29, 0.717) is 35.9 Å². The lowest BCUT2D eigenvalue weighted by atomic mass is 10.1. The molecule has 10 heteroatoms. The lowest BCUT2D eigenvalue weighted by Gasteiger charge is -2.13. The molecule has 240 valence electrons. The highest BCUT2D eigenvalue weighted by Crippen LogP contribution is 2.28. The van der Waals surface area contributed by atoms with Crippen molar-refractivity contribution in [2.24, 2.45) is 11.7 Å². The number of carbonyl (C=O) groups is 3. The molecule has 3 aromatic rings. The van der Waals surface area contributed by atoms with Crippen LogP contribution in [0.4, 0.5) is 4.79 Å². The molecule has 0 aliphatic carbocycles. The van der Waals surface area contributed by atoms with Crippen LogP contribution >= 0.6 is 0 Å². The third-order valence-electron chi connectivity index (χ3n) is 6.65. The summed E-state index contributed by atoms with van der Waals surface area (Å²) in [6.07, 6.45) is 6.88. The van der Waals surface area contributed by atoms with E-state index in [4.69, 9.17) is 24.7 Å². The summed E-state index contributed by atoms with van der Waals surface area (Å²) in [6.45, 7) is 4.52. The average Bonchev–Trinajstić information content (AvgIpc) is 3.02. The Labute approximate surface area is 264 Å². The number of nitrogens with one attached hydrogen (secondary N) is 1. The Morgan fingerprint density at radius 3 is 2.27 bits per heavy atom. The molecule has 0 saturated carbocycles. The van der Waals surface area contributed by atoms with Crippen LogP contribution in [0, 0.1) is 5.92 Å². The molecule has 10 nitrogen and oxygen atoms in total. The summed E-state index contributed by atoms with van der Waals surface area (Å²) in [4.78, 5) is 36.9. The molecule has 3 rings (SSSR count). The maximum atomic E-state index is 12.4. The zero-order valence-electron chi connectivity index (χ0n) is 26.0. The number of phenols is 1. The molecular formula is C35H42N2O8. The van der Waals surface area contributed by atoms with Crippen molar-refractivity contribution in [3.63, 3.8) is 0 Å². The first-order valence-electron chi connectivity index (χ1n) is 14.9. The maximum Gasteiger partial charge on any atom is 0.514 e. The van der Waals surface area contributed by atoms with Crippen molar-refractivity contribution in [2.45, 2.75) is 65.1 Å². The number of unbranched alkanes of at least 4 members (excludes halogenated alkanes) is 2. The van der Waals surface area contributed by atoms with E-state index in [1.54, 1.807) is 54.6 Å². The molecule has 0 unspecified atom stereocenters. The molecule has 3 aromatic carbocycles. The predicted molar refractivity (Wildman–Crippen MR) is 170 cm³/mol. The monoisotopic (exact) mass is 618 g/mol. The number of benzene rings is 3. The molecule has 0 aliphatic rings. The molecular weight excluding hydrogens is 576 g/mol. The number of amides is 1. The molecule has 0 aromatic heterocycles. The van der Waals surface area contributed by atoms with Gasteiger partial charge in [-0.25, -0.2) is 9.59 Å². The summed E-state index contributed by atoms with van der Waals surface area (Å²) in [5.74, 6) is 0.844. The Morgan fingerprint density at radius 2 is 1.58 bits per heavy atom. The molecule has 0 saturated heterocycles. The van der Waals surface area contributed by atoms with E-state index in [0.717, 1.165) is 30.4 Å². The van der Waals surface area contributed by atoms with E-state index in [9.17, 15) is 19.5 Å². The summed E-state index contributed by atoms with van der Waals surface area (Å²) in [5, 5.41) is 12.3. The first-order valence-corrected chi connectivity index (χ1v) is 14.9. The van der Waals surface area contributed by atoms with Gasteiger partial charge in [0.05, 0.1) is 7.11 Å². The van der Waals surface area contributed by atoms with Crippen molar-refractivity contribution in [3.05, 3.63) is 95.6 Å². The highest BCUT2D eigenvalue weighted by molar-refractivity contribution is 5.78. The number of esters is 1. The van der Waals surface area contributed by atoms with Gasteiger partial charge in [-0.1, -0.05) is 56.3 Å². The van der Waals surface area contributed by atoms with Crippen LogP contribution in [0.1, 0.15) is 56.2 Å². The number of rotatable bonds is 16. The van der Waals surface area contributed by atoms with Crippen LogP contribution in [0.3, 0.4) is 0 Å². The van der Waals surface area contributed by atoms with Crippen LogP contribution < -0.4 is 25.3 Å². The molecule has 0 spiro atoms. The molecule has 4 N–H and O–H groups in total. The first-order chi connectivity index (χ1) is 21.6. The van der Waals surface area contributed by atoms with E-state index in [2.05, 4.69) is 31.3 Å². The van der Waals surface area contributed by atoms with Crippen molar-refractivity contribution in [3.8, 4) is 23.0 Å². The molecule has 0 heterocycles. The average molecular weight is 619 g/mol. The standard InChI is InChI=1S/C35H42N2O8/c1-24(2)8-6-4-5-7-9-33(39)37-22-27-14-19-31(32(21-27)42-3)45-35(41)43-23-26-12-17-29(18-13-26)44-34(40)30(36)20-25-10-15-28(38)16-11-25/h6,8,10-19,21,24,30,38H,4-5,7,9,20,22-23,36H2,1-3H3,(H,37,39)/b8-6+/t30-/m0/s1. The van der Waals surface area contributed by atoms with Gasteiger partial charge >= 0.3 is 12.1 Å². The van der Waals surface area contributed by atoms with Crippen molar-refractivity contribution in [1.82, 2.24) is 5.32 Å². The van der Waals surface area contributed by atoms with Crippen molar-refractivity contribution in [2.75, 3.05) is 7.11 Å². The summed E-state index contributed by atoms with van der Waals surface area (Å²) < 4.78 is 21.3. The number of phenolic OH excluding ortho intramolecular Hbond substituents is 1. The normalized spacial score (nSPS) is 11.7. The van der Waals surface area contributed by atoms with E-state index in [-0.39, 0.29) is 30.4 Å². The lowest BCUT2D eigenvalue weighted by molar-refractivity contribution is -0.135. The minimum Gasteiger partial charge on any atom is -0.508 e. The number of hydrogen-bond donors (Lipinski definition) is 3. The van der Waals surface area contributed by atoms with Crippen LogP contribution in [0.5, 0.6) is 23.0 Å². The molecule has 1 atom stereocenters. The smallest absolute Gasteiger partial charge is 0.508 e. The molecule has 0 bridgehead atoms. The second kappa shape index (κ2) is 18.1. The fraction of sp³-hybridized carbons (Fsp3) is 0.343. The molecule has 0 aliphatic heterocycles. The molecule has 1 amide bonds. The van der Waals surface area contributed by atoms with Crippen molar-refractivity contribution in [1.29, 1.82) is 0 Å². The zero-order valence-corrected chi connectivity index (χ0v) is 26.0. The topological polar surface area (TPSA) is 146 Å². The third kappa shape index (κ3) is 12.7. The van der Waals surface area contributed by atoms with E-state index < -0.39 is 18.2 Å². The van der Waals surface area contributed by atoms with Gasteiger partial charge in [0.25, 0.3) is 0 Å². The number of nitrogens with two attached hydrogens (primary N) is 1. The lowest BCUT2D eigenvalue weighted by Crippen LogP contribution is -2.36. The predicted octanol–water partition coefficient (Wildman–Crippen LogP) is 5.98. The second-order valence-electron chi connectivity index (χ2n) is 10.9. The fourth-order valence-corrected chi connectivity index (χ4v) is 4.19. The van der Waals surface area contributed by atoms with Crippen molar-refractivity contribution >= 4 is 18.0 Å². The van der Waals surface area contributed by atoms with Gasteiger partial charge in [0.15, 0.2) is 11.5 Å². The highest BCUT2D eigenvalue weighted by Gasteiger charge is 2.17. The Kier molecular flexibility index (Phi) is 13.9. The number of ether oxygens (including phenoxy) is 4. The largest absolute Gasteiger partial charge is 0.514 e. The van der Waals surface area contributed by atoms with Crippen molar-refractivity contribution < 1.29 is 38.4 Å². The summed E-state index contributed by atoms with van der Waals surface area (Å²) in [5.41, 5.74) is 8.19. The van der Waals surface area contributed by atoms with Crippen LogP contribution in [0.25, 0.3) is 0 Å². The summed E-state index contributed by atoms with van der Waals surface area (Å²) in [7, 11) is 1.46. The summed E-state index contributed by atoms with van der Waals surface area (Å²) in [6, 6.07) is 17.0. The Bertz CT molecular complexity index is 1420. The van der Waals surface area contributed by atoms with E-state index in [1.807, 2.05) is 0 Å². The van der Waals surface area contributed by atoms with Gasteiger partial charge in [0.2, 0.25) is 5.91 Å². The van der Waals surface area contributed by atoms with Gasteiger partial charge in [0.1, 0.15) is 24.1 Å². The molecule has 45 heavy (non-hydrogen) atoms. The molecule has 0 fully saturated rings. The third-order valence-corrected chi connectivity index (χ3v) is 6.65. The Balaban J connectivity index is 1.40. The van der Waals surface area contributed by atoms with E-state index in [1.165, 1.54) is 19.2 Å². The SMILES string of the molecule is COc1cc(CNC(=O)CCCC/C=C/C(C)C)ccc1OC(=O)OCc1ccc(OC(=O)[C@@H](N)Cc2ccc(O)cc2)cc1. The van der Waals surface area contributed by atoms with Crippen LogP contribution in [-0.2, 0) is 33.9 Å². The molecule has 0 radical (unpaired) electrons. The van der Waals surface area contributed by atoms with Gasteiger partial charge in [0, 0.05) is 13.0 Å². The number of aromatic hydroxyl groups is 1. The zero-order chi connectivity index (χ0) is 32.6. The number of allylic oxidation sites excluding steroid dienone is 2. The highest BCUT2D eigenvalue weighted by atomic mass is 16.7. The Morgan fingerprint density at radius 1 is 0.889 bits per heavy atom. The maximum absolute atomic E-state index is 12.4. The number of hydrogen-bond acceptors (Lipinski definition) is 9. The Hall–Kier alpha value is -4.83. The van der Waals surface area contributed by atoms with Crippen LogP contribution in [0.15, 0.2) is 78.9 Å². The number of carbonyl (C=O) groups excluding carboxylic acids is 3. The first kappa shape index (κ1) is 34.7. The van der Waals surface area contributed by atoms with E-state index >= 15 is 0 Å². The number of methoxy groups -OCH3 is 1. The van der Waals surface area contributed by atoms with Gasteiger partial charge in [-0.05, 0) is 84.7 Å². The van der Waals surface area contributed by atoms with Gasteiger partial charge in [-0.2, -0.15) is 0 Å². The van der Waals surface area contributed by atoms with Crippen LogP contribution in [0.2, 0.25) is 0 Å². The van der Waals surface area contributed by atoms with Gasteiger partial charge < -0.3 is 35.1 Å². The minimum absolute atomic E-state index is 0.0221.